The van der Waals surface area contributed by atoms with Crippen LogP contribution in [-0.2, 0) is 0 Å². The Balaban J connectivity index is 1.58. The number of hydrogen-bond donors (Lipinski definition) is 1. The van der Waals surface area contributed by atoms with E-state index in [1.807, 2.05) is 0 Å². The van der Waals surface area contributed by atoms with Crippen molar-refractivity contribution in [1.29, 1.82) is 0 Å². The average Bonchev–Trinajstić information content (AvgIpc) is 2.71. The van der Waals surface area contributed by atoms with Crippen molar-refractivity contribution in [2.45, 2.75) is 87.7 Å². The Labute approximate surface area is 123 Å². The minimum absolute atomic E-state index is 0.807. The number of piperidine rings is 1. The van der Waals surface area contributed by atoms with Crippen LogP contribution in [0.15, 0.2) is 0 Å². The minimum atomic E-state index is 0.807. The molecule has 110 valence electrons. The summed E-state index contributed by atoms with van der Waals surface area (Å²) in [6.45, 7) is 3.39. The van der Waals surface area contributed by atoms with E-state index in [1.54, 1.807) is 0 Å². The second-order valence-electron chi connectivity index (χ2n) is 6.72. The molecular formula is C16H30N2S. The monoisotopic (exact) mass is 282 g/mol. The van der Waals surface area contributed by atoms with Crippen LogP contribution in [-0.4, -0.2) is 47.1 Å². The Morgan fingerprint density at radius 2 is 1.53 bits per heavy atom. The molecule has 2 nitrogen and oxygen atoms in total. The smallest absolute Gasteiger partial charge is 0.0116 e. The van der Waals surface area contributed by atoms with Gasteiger partial charge in [0.15, 0.2) is 0 Å². The molecule has 0 aromatic rings. The lowest BCUT2D eigenvalue weighted by molar-refractivity contribution is 0.0526. The fourth-order valence-corrected chi connectivity index (χ4v) is 5.59. The number of nitrogens with one attached hydrogen (secondary N) is 1. The first-order valence-electron chi connectivity index (χ1n) is 8.35. The molecule has 1 N–H and O–H groups in total. The molecule has 3 heteroatoms. The summed E-state index contributed by atoms with van der Waals surface area (Å²) in [5.41, 5.74) is 0. The highest BCUT2D eigenvalue weighted by atomic mass is 32.2. The van der Waals surface area contributed by atoms with E-state index in [0.717, 1.165) is 36.0 Å². The van der Waals surface area contributed by atoms with Crippen LogP contribution in [0, 0.1) is 0 Å². The van der Waals surface area contributed by atoms with E-state index in [2.05, 4.69) is 35.2 Å². The van der Waals surface area contributed by atoms with Crippen LogP contribution in [0.2, 0.25) is 0 Å². The summed E-state index contributed by atoms with van der Waals surface area (Å²) in [6, 6.07) is 3.53. The second kappa shape index (κ2) is 6.36. The van der Waals surface area contributed by atoms with Gasteiger partial charge >= 0.3 is 0 Å². The van der Waals surface area contributed by atoms with Crippen LogP contribution in [0.5, 0.6) is 0 Å². The molecule has 0 amide bonds. The predicted molar refractivity (Wildman–Crippen MR) is 84.9 cm³/mol. The quantitative estimate of drug-likeness (QED) is 0.852. The van der Waals surface area contributed by atoms with Crippen molar-refractivity contribution < 1.29 is 0 Å². The first-order chi connectivity index (χ1) is 9.31. The van der Waals surface area contributed by atoms with E-state index < -0.39 is 0 Å². The molecule has 3 rings (SSSR count). The lowest BCUT2D eigenvalue weighted by atomic mass is 9.88. The summed E-state index contributed by atoms with van der Waals surface area (Å²) in [6.07, 6.45) is 13.9. The fourth-order valence-electron chi connectivity index (χ4n) is 4.84. The van der Waals surface area contributed by atoms with Crippen LogP contribution in [0.1, 0.15) is 58.3 Å². The van der Waals surface area contributed by atoms with Gasteiger partial charge in [-0.1, -0.05) is 6.92 Å². The van der Waals surface area contributed by atoms with E-state index in [0.29, 0.717) is 0 Å². The highest BCUT2D eigenvalue weighted by molar-refractivity contribution is 7.99. The van der Waals surface area contributed by atoms with Gasteiger partial charge in [-0.25, -0.2) is 0 Å². The number of hydrogen-bond acceptors (Lipinski definition) is 3. The summed E-state index contributed by atoms with van der Waals surface area (Å²) < 4.78 is 0. The average molecular weight is 282 g/mol. The molecule has 2 unspecified atom stereocenters. The van der Waals surface area contributed by atoms with Gasteiger partial charge in [-0.3, -0.25) is 4.90 Å². The highest BCUT2D eigenvalue weighted by Gasteiger charge is 2.44. The van der Waals surface area contributed by atoms with Gasteiger partial charge in [0, 0.05) is 29.4 Å². The van der Waals surface area contributed by atoms with Gasteiger partial charge < -0.3 is 5.32 Å². The molecule has 3 aliphatic rings. The molecule has 0 aromatic carbocycles. The molecule has 0 aromatic heterocycles. The SMILES string of the molecule is CCNC1CC2CCC(C1)N2C1CCC(SC)CC1. The molecule has 2 saturated heterocycles. The van der Waals surface area contributed by atoms with Crippen LogP contribution >= 0.6 is 11.8 Å². The summed E-state index contributed by atoms with van der Waals surface area (Å²) >= 11 is 2.09. The van der Waals surface area contributed by atoms with E-state index >= 15 is 0 Å². The number of fused-ring (bicyclic) bond motifs is 2. The van der Waals surface area contributed by atoms with Crippen molar-refractivity contribution in [3.8, 4) is 0 Å². The maximum absolute atomic E-state index is 3.69. The zero-order valence-corrected chi connectivity index (χ0v) is 13.4. The van der Waals surface area contributed by atoms with Crippen molar-refractivity contribution in [3.63, 3.8) is 0 Å². The molecule has 3 fully saturated rings. The lowest BCUT2D eigenvalue weighted by Crippen LogP contribution is -2.53. The third kappa shape index (κ3) is 2.98. The van der Waals surface area contributed by atoms with Gasteiger partial charge in [0.1, 0.15) is 0 Å². The van der Waals surface area contributed by atoms with Crippen molar-refractivity contribution in [3.05, 3.63) is 0 Å². The molecule has 2 atom stereocenters. The molecule has 19 heavy (non-hydrogen) atoms. The van der Waals surface area contributed by atoms with Crippen molar-refractivity contribution >= 4 is 11.8 Å². The summed E-state index contributed by atoms with van der Waals surface area (Å²) in [7, 11) is 0. The summed E-state index contributed by atoms with van der Waals surface area (Å²) in [5.74, 6) is 0. The van der Waals surface area contributed by atoms with Crippen LogP contribution in [0.25, 0.3) is 0 Å². The Hall–Kier alpha value is 0.270. The number of thioether (sulfide) groups is 1. The summed E-state index contributed by atoms with van der Waals surface area (Å²) in [5, 5.41) is 4.65. The zero-order chi connectivity index (χ0) is 13.2. The van der Waals surface area contributed by atoms with Crippen LogP contribution in [0.4, 0.5) is 0 Å². The van der Waals surface area contributed by atoms with Crippen LogP contribution < -0.4 is 5.32 Å². The maximum atomic E-state index is 3.69. The Morgan fingerprint density at radius 1 is 0.947 bits per heavy atom. The highest BCUT2D eigenvalue weighted by Crippen LogP contribution is 2.41. The van der Waals surface area contributed by atoms with Gasteiger partial charge in [-0.05, 0) is 64.2 Å². The van der Waals surface area contributed by atoms with E-state index in [4.69, 9.17) is 0 Å². The Bertz CT molecular complexity index is 274. The van der Waals surface area contributed by atoms with Crippen molar-refractivity contribution in [2.75, 3.05) is 12.8 Å². The molecule has 1 saturated carbocycles. The lowest BCUT2D eigenvalue weighted by Gasteiger charge is -2.46. The van der Waals surface area contributed by atoms with Gasteiger partial charge in [0.2, 0.25) is 0 Å². The molecule has 2 aliphatic heterocycles. The van der Waals surface area contributed by atoms with Crippen molar-refractivity contribution in [2.24, 2.45) is 0 Å². The Kier molecular flexibility index (Phi) is 4.76. The Morgan fingerprint density at radius 3 is 2.05 bits per heavy atom. The minimum Gasteiger partial charge on any atom is -0.314 e. The number of nitrogens with zero attached hydrogens (tertiary/aromatic N) is 1. The molecule has 0 spiro atoms. The van der Waals surface area contributed by atoms with Crippen LogP contribution in [0.3, 0.4) is 0 Å². The fraction of sp³-hybridized carbons (Fsp3) is 1.00. The van der Waals surface area contributed by atoms with Crippen molar-refractivity contribution in [1.82, 2.24) is 10.2 Å². The molecule has 0 radical (unpaired) electrons. The van der Waals surface area contributed by atoms with Gasteiger partial charge in [-0.15, -0.1) is 0 Å². The van der Waals surface area contributed by atoms with E-state index in [9.17, 15) is 0 Å². The second-order valence-corrected chi connectivity index (χ2v) is 7.86. The van der Waals surface area contributed by atoms with E-state index in [-0.39, 0.29) is 0 Å². The molecule has 1 aliphatic carbocycles. The largest absolute Gasteiger partial charge is 0.314 e. The maximum Gasteiger partial charge on any atom is 0.0116 e. The molecule has 2 bridgehead atoms. The van der Waals surface area contributed by atoms with Gasteiger partial charge in [-0.2, -0.15) is 11.8 Å². The first-order valence-corrected chi connectivity index (χ1v) is 9.64. The molecule has 2 heterocycles. The topological polar surface area (TPSA) is 15.3 Å². The van der Waals surface area contributed by atoms with Gasteiger partial charge in [0.05, 0.1) is 0 Å². The normalized spacial score (nSPS) is 43.6. The van der Waals surface area contributed by atoms with Gasteiger partial charge in [0.25, 0.3) is 0 Å². The third-order valence-corrected chi connectivity index (χ3v) is 6.82. The van der Waals surface area contributed by atoms with E-state index in [1.165, 1.54) is 51.4 Å². The standard InChI is InChI=1S/C16H30N2S/c1-3-17-12-10-14-4-5-15(11-12)18(14)13-6-8-16(19-2)9-7-13/h12-17H,3-11H2,1-2H3. The first kappa shape index (κ1) is 14.2. The summed E-state index contributed by atoms with van der Waals surface area (Å²) in [4.78, 5) is 2.96. The predicted octanol–water partition coefficient (Wildman–Crippen LogP) is 3.27. The number of rotatable bonds is 4. The third-order valence-electron chi connectivity index (χ3n) is 5.68. The zero-order valence-electron chi connectivity index (χ0n) is 12.6. The molecular weight excluding hydrogens is 252 g/mol.